The number of carbonyl (C=O) groups is 1. The molecule has 0 unspecified atom stereocenters. The molecule has 5 nitrogen and oxygen atoms in total. The minimum absolute atomic E-state index is 0.130. The Hall–Kier alpha value is -1.27. The molecule has 0 radical (unpaired) electrons. The molecular formula is C15H21ClO5S. The van der Waals surface area contributed by atoms with Crippen molar-refractivity contribution in [1.82, 2.24) is 0 Å². The second-order valence-electron chi connectivity index (χ2n) is 4.97. The van der Waals surface area contributed by atoms with Crippen LogP contribution in [0.15, 0.2) is 11.0 Å². The summed E-state index contributed by atoms with van der Waals surface area (Å²) in [5.74, 6) is 0.349. The van der Waals surface area contributed by atoms with E-state index in [9.17, 15) is 13.2 Å². The van der Waals surface area contributed by atoms with Gasteiger partial charge in [-0.05, 0) is 56.9 Å². The van der Waals surface area contributed by atoms with E-state index in [1.54, 1.807) is 33.8 Å². The maximum Gasteiger partial charge on any atom is 0.305 e. The number of hydrogen-bond donors (Lipinski definition) is 0. The minimum atomic E-state index is -3.79. The van der Waals surface area contributed by atoms with Crippen molar-refractivity contribution in [3.63, 3.8) is 0 Å². The Morgan fingerprint density at radius 2 is 1.86 bits per heavy atom. The largest absolute Gasteiger partial charge is 0.493 e. The average Bonchev–Trinajstić information content (AvgIpc) is 2.38. The van der Waals surface area contributed by atoms with Gasteiger partial charge in [0.25, 0.3) is 9.05 Å². The number of halogens is 1. The molecule has 0 atom stereocenters. The molecule has 0 saturated carbocycles. The number of hydrogen-bond acceptors (Lipinski definition) is 5. The third kappa shape index (κ3) is 4.88. The molecule has 0 saturated heterocycles. The molecule has 22 heavy (non-hydrogen) atoms. The maximum absolute atomic E-state index is 11.6. The van der Waals surface area contributed by atoms with Crippen molar-refractivity contribution in [1.29, 1.82) is 0 Å². The lowest BCUT2D eigenvalue weighted by atomic mass is 10.1. The first-order chi connectivity index (χ1) is 10.2. The summed E-state index contributed by atoms with van der Waals surface area (Å²) in [5.41, 5.74) is 1.84. The van der Waals surface area contributed by atoms with Crippen LogP contribution >= 0.6 is 10.7 Å². The molecular weight excluding hydrogens is 328 g/mol. The SMILES string of the molecule is CCOC(=O)CCCOc1cc(C)c(S(=O)(=O)Cl)c(C)c1C. The van der Waals surface area contributed by atoms with Gasteiger partial charge in [0.05, 0.1) is 18.1 Å². The molecule has 1 aromatic rings. The highest BCUT2D eigenvalue weighted by Gasteiger charge is 2.20. The summed E-state index contributed by atoms with van der Waals surface area (Å²) < 4.78 is 33.7. The van der Waals surface area contributed by atoms with Crippen molar-refractivity contribution in [2.24, 2.45) is 0 Å². The van der Waals surface area contributed by atoms with Gasteiger partial charge in [0.2, 0.25) is 0 Å². The van der Waals surface area contributed by atoms with Crippen molar-refractivity contribution in [2.45, 2.75) is 45.4 Å². The van der Waals surface area contributed by atoms with Gasteiger partial charge in [-0.15, -0.1) is 0 Å². The summed E-state index contributed by atoms with van der Waals surface area (Å²) in [7, 11) is 1.67. The Labute approximate surface area is 136 Å². The number of carbonyl (C=O) groups excluding carboxylic acids is 1. The molecule has 0 spiro atoms. The Morgan fingerprint density at radius 3 is 2.41 bits per heavy atom. The lowest BCUT2D eigenvalue weighted by Crippen LogP contribution is -2.08. The van der Waals surface area contributed by atoms with Crippen molar-refractivity contribution >= 4 is 25.7 Å². The second-order valence-corrected chi connectivity index (χ2v) is 7.47. The number of ether oxygens (including phenoxy) is 2. The topological polar surface area (TPSA) is 69.7 Å². The van der Waals surface area contributed by atoms with Crippen LogP contribution in [0.2, 0.25) is 0 Å². The van der Waals surface area contributed by atoms with Gasteiger partial charge in [-0.3, -0.25) is 4.79 Å². The van der Waals surface area contributed by atoms with Crippen LogP contribution in [0.3, 0.4) is 0 Å². The van der Waals surface area contributed by atoms with Crippen LogP contribution in [-0.4, -0.2) is 27.6 Å². The molecule has 1 rings (SSSR count). The molecule has 0 N–H and O–H groups in total. The quantitative estimate of drug-likeness (QED) is 0.429. The standard InChI is InChI=1S/C15H21ClO5S/c1-5-20-14(17)7-6-8-21-13-9-10(2)15(22(16,18)19)12(4)11(13)3/h9H,5-8H2,1-4H3. The highest BCUT2D eigenvalue weighted by atomic mass is 35.7. The lowest BCUT2D eigenvalue weighted by molar-refractivity contribution is -0.143. The summed E-state index contributed by atoms with van der Waals surface area (Å²) in [6, 6.07) is 1.65. The van der Waals surface area contributed by atoms with Gasteiger partial charge in [0.15, 0.2) is 0 Å². The van der Waals surface area contributed by atoms with Crippen molar-refractivity contribution < 1.29 is 22.7 Å². The van der Waals surface area contributed by atoms with Gasteiger partial charge in [-0.2, -0.15) is 0 Å². The normalized spacial score (nSPS) is 11.3. The first kappa shape index (κ1) is 18.8. The molecule has 0 aliphatic carbocycles. The fourth-order valence-electron chi connectivity index (χ4n) is 2.18. The van der Waals surface area contributed by atoms with Crippen LogP contribution in [-0.2, 0) is 18.6 Å². The summed E-state index contributed by atoms with van der Waals surface area (Å²) in [5, 5.41) is 0. The van der Waals surface area contributed by atoms with Crippen LogP contribution in [0, 0.1) is 20.8 Å². The number of esters is 1. The van der Waals surface area contributed by atoms with Crippen LogP contribution in [0.1, 0.15) is 36.5 Å². The van der Waals surface area contributed by atoms with E-state index in [2.05, 4.69) is 0 Å². The molecule has 0 aliphatic heterocycles. The summed E-state index contributed by atoms with van der Waals surface area (Å²) in [4.78, 5) is 11.4. The van der Waals surface area contributed by atoms with E-state index in [4.69, 9.17) is 20.2 Å². The van der Waals surface area contributed by atoms with E-state index in [0.717, 1.165) is 5.56 Å². The first-order valence-corrected chi connectivity index (χ1v) is 9.33. The fourth-order valence-corrected chi connectivity index (χ4v) is 3.85. The van der Waals surface area contributed by atoms with Gasteiger partial charge in [0, 0.05) is 17.1 Å². The van der Waals surface area contributed by atoms with Crippen molar-refractivity contribution in [3.8, 4) is 5.75 Å². The smallest absolute Gasteiger partial charge is 0.305 e. The van der Waals surface area contributed by atoms with Crippen LogP contribution < -0.4 is 4.74 Å². The zero-order valence-electron chi connectivity index (χ0n) is 13.2. The predicted octanol–water partition coefficient (Wildman–Crippen LogP) is 3.26. The fraction of sp³-hybridized carbons (Fsp3) is 0.533. The molecule has 1 aromatic carbocycles. The zero-order chi connectivity index (χ0) is 16.9. The molecule has 0 heterocycles. The second kappa shape index (κ2) is 7.83. The van der Waals surface area contributed by atoms with E-state index < -0.39 is 9.05 Å². The van der Waals surface area contributed by atoms with Crippen LogP contribution in [0.5, 0.6) is 5.75 Å². The van der Waals surface area contributed by atoms with E-state index in [1.165, 1.54) is 0 Å². The minimum Gasteiger partial charge on any atom is -0.493 e. The van der Waals surface area contributed by atoms with Crippen molar-refractivity contribution in [3.05, 3.63) is 22.8 Å². The molecule has 7 heteroatoms. The van der Waals surface area contributed by atoms with Gasteiger partial charge >= 0.3 is 5.97 Å². The number of benzene rings is 1. The Balaban J connectivity index is 2.80. The first-order valence-electron chi connectivity index (χ1n) is 7.02. The predicted molar refractivity (Wildman–Crippen MR) is 85.1 cm³/mol. The Bertz CT molecular complexity index is 652. The summed E-state index contributed by atoms with van der Waals surface area (Å²) in [6.45, 7) is 7.63. The molecule has 124 valence electrons. The molecule has 0 bridgehead atoms. The third-order valence-corrected chi connectivity index (χ3v) is 4.89. The Morgan fingerprint density at radius 1 is 1.23 bits per heavy atom. The van der Waals surface area contributed by atoms with E-state index in [-0.39, 0.29) is 10.9 Å². The maximum atomic E-state index is 11.6. The molecule has 0 amide bonds. The van der Waals surface area contributed by atoms with Crippen LogP contribution in [0.4, 0.5) is 0 Å². The van der Waals surface area contributed by atoms with E-state index in [1.807, 2.05) is 0 Å². The average molecular weight is 349 g/mol. The molecule has 0 aromatic heterocycles. The van der Waals surface area contributed by atoms with Gasteiger partial charge in [-0.25, -0.2) is 8.42 Å². The van der Waals surface area contributed by atoms with E-state index >= 15 is 0 Å². The zero-order valence-corrected chi connectivity index (χ0v) is 14.8. The third-order valence-electron chi connectivity index (χ3n) is 3.31. The van der Waals surface area contributed by atoms with Gasteiger partial charge < -0.3 is 9.47 Å². The van der Waals surface area contributed by atoms with E-state index in [0.29, 0.717) is 42.9 Å². The molecule has 0 fully saturated rings. The Kier molecular flexibility index (Phi) is 6.68. The highest BCUT2D eigenvalue weighted by molar-refractivity contribution is 8.13. The number of rotatable bonds is 7. The molecule has 0 aliphatic rings. The van der Waals surface area contributed by atoms with Crippen LogP contribution in [0.25, 0.3) is 0 Å². The summed E-state index contributed by atoms with van der Waals surface area (Å²) in [6.07, 6.45) is 0.824. The number of aryl methyl sites for hydroxylation is 1. The lowest BCUT2D eigenvalue weighted by Gasteiger charge is -2.15. The summed E-state index contributed by atoms with van der Waals surface area (Å²) >= 11 is 0. The van der Waals surface area contributed by atoms with Gasteiger partial charge in [0.1, 0.15) is 5.75 Å². The van der Waals surface area contributed by atoms with Gasteiger partial charge in [-0.1, -0.05) is 0 Å². The van der Waals surface area contributed by atoms with Crippen molar-refractivity contribution in [2.75, 3.05) is 13.2 Å². The monoisotopic (exact) mass is 348 g/mol. The highest BCUT2D eigenvalue weighted by Crippen LogP contribution is 2.32.